The Kier molecular flexibility index (Phi) is 6.80. The van der Waals surface area contributed by atoms with Crippen LogP contribution in [0, 0.1) is 11.3 Å². The van der Waals surface area contributed by atoms with Gasteiger partial charge in [0, 0.05) is 5.02 Å². The van der Waals surface area contributed by atoms with E-state index in [0.29, 0.717) is 27.8 Å². The standard InChI is InChI=1S/C19H15ClN2O5/c1-26-17-6-5-14(20)9-16(17)22-19(25)13(10-21)7-12-3-2-4-15(8-12)27-11-18(23)24/h2-9H,11H2,1H3,(H,22,25)(H,23,24)/b13-7+. The number of nitrogens with one attached hydrogen (secondary N) is 1. The summed E-state index contributed by atoms with van der Waals surface area (Å²) in [6, 6.07) is 12.9. The lowest BCUT2D eigenvalue weighted by molar-refractivity contribution is -0.139. The molecule has 1 amide bonds. The molecule has 0 heterocycles. The molecule has 0 aliphatic rings. The Hall–Kier alpha value is -3.50. The number of hydrogen-bond donors (Lipinski definition) is 2. The van der Waals surface area contributed by atoms with E-state index in [1.165, 1.54) is 25.3 Å². The minimum Gasteiger partial charge on any atom is -0.495 e. The number of amides is 1. The molecule has 2 aromatic carbocycles. The highest BCUT2D eigenvalue weighted by Gasteiger charge is 2.13. The number of rotatable bonds is 7. The molecule has 0 unspecified atom stereocenters. The fourth-order valence-corrected chi connectivity index (χ4v) is 2.29. The quantitative estimate of drug-likeness (QED) is 0.558. The monoisotopic (exact) mass is 386 g/mol. The lowest BCUT2D eigenvalue weighted by Gasteiger charge is -2.10. The van der Waals surface area contributed by atoms with Gasteiger partial charge >= 0.3 is 5.97 Å². The summed E-state index contributed by atoms with van der Waals surface area (Å²) < 4.78 is 10.2. The van der Waals surface area contributed by atoms with Gasteiger partial charge in [0.15, 0.2) is 6.61 Å². The van der Waals surface area contributed by atoms with Crippen LogP contribution in [0.25, 0.3) is 6.08 Å². The van der Waals surface area contributed by atoms with E-state index in [1.807, 2.05) is 6.07 Å². The first-order valence-electron chi connectivity index (χ1n) is 7.64. The van der Waals surface area contributed by atoms with Crippen LogP contribution in [-0.4, -0.2) is 30.7 Å². The van der Waals surface area contributed by atoms with Gasteiger partial charge < -0.3 is 19.9 Å². The fourth-order valence-electron chi connectivity index (χ4n) is 2.12. The van der Waals surface area contributed by atoms with Crippen molar-refractivity contribution in [3.05, 3.63) is 58.6 Å². The molecule has 2 rings (SSSR count). The Morgan fingerprint density at radius 2 is 2.07 bits per heavy atom. The van der Waals surface area contributed by atoms with Gasteiger partial charge in [0.25, 0.3) is 5.91 Å². The van der Waals surface area contributed by atoms with Gasteiger partial charge in [-0.2, -0.15) is 5.26 Å². The third-order valence-electron chi connectivity index (χ3n) is 3.31. The molecule has 8 heteroatoms. The zero-order valence-corrected chi connectivity index (χ0v) is 15.0. The van der Waals surface area contributed by atoms with Gasteiger partial charge in [-0.15, -0.1) is 0 Å². The van der Waals surface area contributed by atoms with Crippen LogP contribution in [0.5, 0.6) is 11.5 Å². The zero-order valence-electron chi connectivity index (χ0n) is 14.2. The van der Waals surface area contributed by atoms with Crippen LogP contribution in [0.3, 0.4) is 0 Å². The molecular formula is C19H15ClN2O5. The largest absolute Gasteiger partial charge is 0.495 e. The van der Waals surface area contributed by atoms with Crippen molar-refractivity contribution in [2.45, 2.75) is 0 Å². The second-order valence-corrected chi connectivity index (χ2v) is 5.66. The summed E-state index contributed by atoms with van der Waals surface area (Å²) in [6.07, 6.45) is 1.36. The van der Waals surface area contributed by atoms with E-state index >= 15 is 0 Å². The van der Waals surface area contributed by atoms with Gasteiger partial charge in [-0.05, 0) is 42.0 Å². The number of aliphatic carboxylic acids is 1. The Balaban J connectivity index is 2.22. The summed E-state index contributed by atoms with van der Waals surface area (Å²) in [5, 5.41) is 20.9. The minimum atomic E-state index is -1.11. The predicted octanol–water partition coefficient (Wildman–Crippen LogP) is 3.36. The molecule has 0 radical (unpaired) electrons. The zero-order chi connectivity index (χ0) is 19.8. The Morgan fingerprint density at radius 1 is 1.30 bits per heavy atom. The molecular weight excluding hydrogens is 372 g/mol. The van der Waals surface area contributed by atoms with Crippen LogP contribution in [-0.2, 0) is 9.59 Å². The summed E-state index contributed by atoms with van der Waals surface area (Å²) in [7, 11) is 1.45. The molecule has 0 bridgehead atoms. The summed E-state index contributed by atoms with van der Waals surface area (Å²) >= 11 is 5.93. The summed E-state index contributed by atoms with van der Waals surface area (Å²) in [5.41, 5.74) is 0.671. The number of benzene rings is 2. The average molecular weight is 387 g/mol. The maximum Gasteiger partial charge on any atom is 0.341 e. The molecule has 0 aromatic heterocycles. The second-order valence-electron chi connectivity index (χ2n) is 5.22. The molecule has 0 fully saturated rings. The Labute approximate surface area is 160 Å². The van der Waals surface area contributed by atoms with Crippen molar-refractivity contribution >= 4 is 35.2 Å². The number of carbonyl (C=O) groups excluding carboxylic acids is 1. The molecule has 0 aliphatic heterocycles. The highest BCUT2D eigenvalue weighted by molar-refractivity contribution is 6.31. The lowest BCUT2D eigenvalue weighted by atomic mass is 10.1. The van der Waals surface area contributed by atoms with E-state index in [4.69, 9.17) is 26.2 Å². The van der Waals surface area contributed by atoms with Crippen molar-refractivity contribution in [3.63, 3.8) is 0 Å². The van der Waals surface area contributed by atoms with Crippen molar-refractivity contribution in [1.82, 2.24) is 0 Å². The van der Waals surface area contributed by atoms with Gasteiger partial charge in [0.2, 0.25) is 0 Å². The second kappa shape index (κ2) is 9.27. The van der Waals surface area contributed by atoms with E-state index in [0.717, 1.165) is 0 Å². The molecule has 2 aromatic rings. The van der Waals surface area contributed by atoms with E-state index < -0.39 is 18.5 Å². The lowest BCUT2D eigenvalue weighted by Crippen LogP contribution is -2.14. The van der Waals surface area contributed by atoms with Crippen LogP contribution >= 0.6 is 11.6 Å². The number of carboxylic acids is 1. The minimum absolute atomic E-state index is 0.160. The van der Waals surface area contributed by atoms with E-state index in [2.05, 4.69) is 5.32 Å². The number of nitrogens with zero attached hydrogens (tertiary/aromatic N) is 1. The summed E-state index contributed by atoms with van der Waals surface area (Å²) in [4.78, 5) is 23.0. The highest BCUT2D eigenvalue weighted by Crippen LogP contribution is 2.28. The van der Waals surface area contributed by atoms with Gasteiger partial charge in [0.05, 0.1) is 12.8 Å². The first-order valence-corrected chi connectivity index (χ1v) is 8.02. The van der Waals surface area contributed by atoms with E-state index in [1.54, 1.807) is 30.3 Å². The molecule has 0 saturated carbocycles. The average Bonchev–Trinajstić information content (AvgIpc) is 2.65. The van der Waals surface area contributed by atoms with Gasteiger partial charge in [-0.1, -0.05) is 23.7 Å². The van der Waals surface area contributed by atoms with Crippen molar-refractivity contribution < 1.29 is 24.2 Å². The van der Waals surface area contributed by atoms with Crippen molar-refractivity contribution in [2.24, 2.45) is 0 Å². The molecule has 2 N–H and O–H groups in total. The molecule has 0 spiro atoms. The van der Waals surface area contributed by atoms with Gasteiger partial charge in [-0.25, -0.2) is 4.79 Å². The van der Waals surface area contributed by atoms with Crippen LogP contribution < -0.4 is 14.8 Å². The van der Waals surface area contributed by atoms with Crippen LogP contribution in [0.2, 0.25) is 5.02 Å². The molecule has 7 nitrogen and oxygen atoms in total. The predicted molar refractivity (Wildman–Crippen MR) is 99.8 cm³/mol. The normalized spacial score (nSPS) is 10.6. The summed E-state index contributed by atoms with van der Waals surface area (Å²) in [6.45, 7) is -0.493. The SMILES string of the molecule is COc1ccc(Cl)cc1NC(=O)/C(C#N)=C/c1cccc(OCC(=O)O)c1. The summed E-state index contributed by atoms with van der Waals surface area (Å²) in [5.74, 6) is -1.05. The number of carbonyl (C=O) groups is 2. The first-order chi connectivity index (χ1) is 12.9. The van der Waals surface area contributed by atoms with Crippen LogP contribution in [0.4, 0.5) is 5.69 Å². The molecule has 0 atom stereocenters. The molecule has 138 valence electrons. The highest BCUT2D eigenvalue weighted by atomic mass is 35.5. The Bertz CT molecular complexity index is 934. The molecule has 27 heavy (non-hydrogen) atoms. The van der Waals surface area contributed by atoms with Crippen molar-refractivity contribution in [2.75, 3.05) is 19.0 Å². The fraction of sp³-hybridized carbons (Fsp3) is 0.105. The number of carboxylic acid groups (broad SMARTS) is 1. The number of halogens is 1. The number of hydrogen-bond acceptors (Lipinski definition) is 5. The molecule has 0 aliphatic carbocycles. The van der Waals surface area contributed by atoms with E-state index in [9.17, 15) is 14.9 Å². The third kappa shape index (κ3) is 5.76. The maximum absolute atomic E-state index is 12.4. The number of methoxy groups -OCH3 is 1. The van der Waals surface area contributed by atoms with Crippen molar-refractivity contribution in [1.29, 1.82) is 5.26 Å². The molecule has 0 saturated heterocycles. The van der Waals surface area contributed by atoms with Crippen LogP contribution in [0.15, 0.2) is 48.0 Å². The Morgan fingerprint density at radius 3 is 2.74 bits per heavy atom. The van der Waals surface area contributed by atoms with Crippen molar-refractivity contribution in [3.8, 4) is 17.6 Å². The van der Waals surface area contributed by atoms with Crippen LogP contribution in [0.1, 0.15) is 5.56 Å². The van der Waals surface area contributed by atoms with Gasteiger partial charge in [-0.3, -0.25) is 4.79 Å². The van der Waals surface area contributed by atoms with E-state index in [-0.39, 0.29) is 5.57 Å². The number of nitriles is 1. The first kappa shape index (κ1) is 19.8. The maximum atomic E-state index is 12.4. The number of anilines is 1. The number of ether oxygens (including phenoxy) is 2. The van der Waals surface area contributed by atoms with Gasteiger partial charge in [0.1, 0.15) is 23.1 Å². The third-order valence-corrected chi connectivity index (χ3v) is 3.54. The topological polar surface area (TPSA) is 109 Å². The smallest absolute Gasteiger partial charge is 0.341 e.